The summed E-state index contributed by atoms with van der Waals surface area (Å²) in [5, 5.41) is 0. The smallest absolute Gasteiger partial charge is 0.231 e. The molecule has 0 aliphatic carbocycles. The van der Waals surface area contributed by atoms with E-state index in [2.05, 4.69) is 0 Å². The van der Waals surface area contributed by atoms with Gasteiger partial charge in [0.25, 0.3) is 0 Å². The Hall–Kier alpha value is -2.49. The van der Waals surface area contributed by atoms with E-state index in [0.717, 1.165) is 16.8 Å². The van der Waals surface area contributed by atoms with E-state index in [1.165, 1.54) is 0 Å². The highest BCUT2D eigenvalue weighted by molar-refractivity contribution is 5.94. The Kier molecular flexibility index (Phi) is 5.04. The monoisotopic (exact) mass is 299 g/mol. The molecule has 0 saturated heterocycles. The van der Waals surface area contributed by atoms with Crippen LogP contribution in [-0.2, 0) is 11.2 Å². The number of hydrogen-bond donors (Lipinski definition) is 0. The number of benzene rings is 2. The van der Waals surface area contributed by atoms with Crippen molar-refractivity contribution in [1.29, 1.82) is 0 Å². The Balaban J connectivity index is 2.21. The molecule has 0 atom stereocenters. The lowest BCUT2D eigenvalue weighted by molar-refractivity contribution is -0.117. The molecule has 1 amide bonds. The Labute approximate surface area is 131 Å². The summed E-state index contributed by atoms with van der Waals surface area (Å²) in [7, 11) is 4.98. The van der Waals surface area contributed by atoms with Crippen LogP contribution in [0.2, 0.25) is 0 Å². The van der Waals surface area contributed by atoms with Crippen molar-refractivity contribution in [3.8, 4) is 11.5 Å². The number of likely N-dealkylation sites (N-methyl/N-ethyl adjacent to an activating group) is 1. The van der Waals surface area contributed by atoms with Gasteiger partial charge in [0.05, 0.1) is 20.6 Å². The topological polar surface area (TPSA) is 38.8 Å². The van der Waals surface area contributed by atoms with Crippen molar-refractivity contribution in [3.05, 3.63) is 53.6 Å². The highest BCUT2D eigenvalue weighted by Crippen LogP contribution is 2.30. The van der Waals surface area contributed by atoms with E-state index >= 15 is 0 Å². The minimum Gasteiger partial charge on any atom is -0.493 e. The summed E-state index contributed by atoms with van der Waals surface area (Å²) in [5.41, 5.74) is 2.82. The fourth-order valence-corrected chi connectivity index (χ4v) is 2.29. The Bertz CT molecular complexity index is 653. The van der Waals surface area contributed by atoms with Crippen LogP contribution in [0.5, 0.6) is 11.5 Å². The van der Waals surface area contributed by atoms with E-state index in [-0.39, 0.29) is 5.91 Å². The Morgan fingerprint density at radius 2 is 1.64 bits per heavy atom. The maximum Gasteiger partial charge on any atom is 0.231 e. The first-order valence-electron chi connectivity index (χ1n) is 7.10. The predicted octanol–water partition coefficient (Wildman–Crippen LogP) is 3.22. The van der Waals surface area contributed by atoms with Crippen molar-refractivity contribution in [3.63, 3.8) is 0 Å². The van der Waals surface area contributed by atoms with Gasteiger partial charge in [0, 0.05) is 12.7 Å². The summed E-state index contributed by atoms with van der Waals surface area (Å²) in [6, 6.07) is 13.4. The fourth-order valence-electron chi connectivity index (χ4n) is 2.29. The molecule has 0 N–H and O–H groups in total. The highest BCUT2D eigenvalue weighted by Gasteiger charge is 2.15. The third-order valence-corrected chi connectivity index (χ3v) is 3.70. The van der Waals surface area contributed by atoms with Gasteiger partial charge in [-0.15, -0.1) is 0 Å². The minimum absolute atomic E-state index is 0.0292. The fraction of sp³-hybridized carbons (Fsp3) is 0.278. The van der Waals surface area contributed by atoms with Crippen LogP contribution >= 0.6 is 0 Å². The molecule has 2 rings (SSSR count). The van der Waals surface area contributed by atoms with Gasteiger partial charge in [0.1, 0.15) is 0 Å². The summed E-state index contributed by atoms with van der Waals surface area (Å²) in [6.07, 6.45) is 0.317. The van der Waals surface area contributed by atoms with Gasteiger partial charge in [-0.3, -0.25) is 4.79 Å². The quantitative estimate of drug-likeness (QED) is 0.851. The maximum atomic E-state index is 12.5. The first-order valence-corrected chi connectivity index (χ1v) is 7.10. The molecule has 0 radical (unpaired) electrons. The van der Waals surface area contributed by atoms with Gasteiger partial charge in [0.15, 0.2) is 11.5 Å². The zero-order valence-electron chi connectivity index (χ0n) is 13.4. The van der Waals surface area contributed by atoms with Crippen molar-refractivity contribution in [2.75, 3.05) is 26.2 Å². The molecule has 0 saturated carbocycles. The molecule has 4 nitrogen and oxygen atoms in total. The molecule has 0 unspecified atom stereocenters. The second-order valence-corrected chi connectivity index (χ2v) is 5.10. The van der Waals surface area contributed by atoms with E-state index in [0.29, 0.717) is 17.9 Å². The van der Waals surface area contributed by atoms with E-state index in [1.807, 2.05) is 49.4 Å². The summed E-state index contributed by atoms with van der Waals surface area (Å²) in [5.74, 6) is 1.34. The van der Waals surface area contributed by atoms with Crippen molar-refractivity contribution >= 4 is 11.6 Å². The first-order chi connectivity index (χ1) is 10.6. The molecule has 0 bridgehead atoms. The third kappa shape index (κ3) is 3.39. The van der Waals surface area contributed by atoms with Crippen molar-refractivity contribution in [2.45, 2.75) is 13.3 Å². The second kappa shape index (κ2) is 6.98. The molecule has 116 valence electrons. The van der Waals surface area contributed by atoms with Crippen LogP contribution in [0, 0.1) is 6.92 Å². The van der Waals surface area contributed by atoms with Crippen molar-refractivity contribution < 1.29 is 14.3 Å². The zero-order chi connectivity index (χ0) is 16.1. The highest BCUT2D eigenvalue weighted by atomic mass is 16.5. The number of hydrogen-bond acceptors (Lipinski definition) is 3. The lowest BCUT2D eigenvalue weighted by atomic mass is 10.0. The molecule has 22 heavy (non-hydrogen) atoms. The Morgan fingerprint density at radius 3 is 2.23 bits per heavy atom. The van der Waals surface area contributed by atoms with E-state index in [9.17, 15) is 4.79 Å². The van der Waals surface area contributed by atoms with E-state index < -0.39 is 0 Å². The number of amides is 1. The standard InChI is InChI=1S/C18H21NO3/c1-13-10-16(21-3)17(22-4)11-14(13)12-18(20)19(2)15-8-6-5-7-9-15/h5-11H,12H2,1-4H3. The van der Waals surface area contributed by atoms with Gasteiger partial charge in [-0.1, -0.05) is 18.2 Å². The number of nitrogens with zero attached hydrogens (tertiary/aromatic N) is 1. The van der Waals surface area contributed by atoms with Crippen LogP contribution in [-0.4, -0.2) is 27.2 Å². The number of para-hydroxylation sites is 1. The first kappa shape index (κ1) is 15.9. The van der Waals surface area contributed by atoms with E-state index in [1.54, 1.807) is 26.2 Å². The van der Waals surface area contributed by atoms with Crippen LogP contribution in [0.15, 0.2) is 42.5 Å². The van der Waals surface area contributed by atoms with E-state index in [4.69, 9.17) is 9.47 Å². The van der Waals surface area contributed by atoms with Crippen LogP contribution < -0.4 is 14.4 Å². The van der Waals surface area contributed by atoms with Crippen LogP contribution in [0.3, 0.4) is 0 Å². The molecule has 0 aliphatic heterocycles. The number of ether oxygens (including phenoxy) is 2. The molecular weight excluding hydrogens is 278 g/mol. The second-order valence-electron chi connectivity index (χ2n) is 5.10. The molecule has 0 spiro atoms. The van der Waals surface area contributed by atoms with Crippen LogP contribution in [0.4, 0.5) is 5.69 Å². The lowest BCUT2D eigenvalue weighted by Crippen LogP contribution is -2.28. The number of methoxy groups -OCH3 is 2. The molecule has 0 heterocycles. The number of anilines is 1. The summed E-state index contributed by atoms with van der Waals surface area (Å²) >= 11 is 0. The van der Waals surface area contributed by atoms with Gasteiger partial charge in [-0.05, 0) is 42.3 Å². The molecule has 0 aliphatic rings. The van der Waals surface area contributed by atoms with Gasteiger partial charge in [-0.2, -0.15) is 0 Å². The molecule has 2 aromatic carbocycles. The average Bonchev–Trinajstić information content (AvgIpc) is 2.56. The molecule has 0 aromatic heterocycles. The molecular formula is C18H21NO3. The summed E-state index contributed by atoms with van der Waals surface area (Å²) in [4.78, 5) is 14.1. The predicted molar refractivity (Wildman–Crippen MR) is 87.8 cm³/mol. The molecule has 0 fully saturated rings. The van der Waals surface area contributed by atoms with Gasteiger partial charge < -0.3 is 14.4 Å². The zero-order valence-corrected chi connectivity index (χ0v) is 13.4. The number of aryl methyl sites for hydroxylation is 1. The average molecular weight is 299 g/mol. The minimum atomic E-state index is 0.0292. The third-order valence-electron chi connectivity index (χ3n) is 3.70. The van der Waals surface area contributed by atoms with Gasteiger partial charge in [0.2, 0.25) is 5.91 Å². The van der Waals surface area contributed by atoms with Gasteiger partial charge >= 0.3 is 0 Å². The maximum absolute atomic E-state index is 12.5. The lowest BCUT2D eigenvalue weighted by Gasteiger charge is -2.18. The largest absolute Gasteiger partial charge is 0.493 e. The van der Waals surface area contributed by atoms with Crippen molar-refractivity contribution in [2.24, 2.45) is 0 Å². The summed E-state index contributed by atoms with van der Waals surface area (Å²) in [6.45, 7) is 1.97. The number of carbonyl (C=O) groups is 1. The van der Waals surface area contributed by atoms with Crippen LogP contribution in [0.1, 0.15) is 11.1 Å². The SMILES string of the molecule is COc1cc(C)c(CC(=O)N(C)c2ccccc2)cc1OC. The summed E-state index contributed by atoms with van der Waals surface area (Å²) < 4.78 is 10.6. The molecule has 2 aromatic rings. The van der Waals surface area contributed by atoms with Gasteiger partial charge in [-0.25, -0.2) is 0 Å². The normalized spacial score (nSPS) is 10.2. The van der Waals surface area contributed by atoms with Crippen molar-refractivity contribution in [1.82, 2.24) is 0 Å². The number of carbonyl (C=O) groups excluding carboxylic acids is 1. The van der Waals surface area contributed by atoms with Crippen LogP contribution in [0.25, 0.3) is 0 Å². The number of rotatable bonds is 5. The molecule has 4 heteroatoms. The Morgan fingerprint density at radius 1 is 1.05 bits per heavy atom.